The Morgan fingerprint density at radius 2 is 1.79 bits per heavy atom. The van der Waals surface area contributed by atoms with Crippen molar-refractivity contribution in [2.24, 2.45) is 5.10 Å². The molecule has 0 unspecified atom stereocenters. The van der Waals surface area contributed by atoms with Gasteiger partial charge in [0.15, 0.2) is 0 Å². The summed E-state index contributed by atoms with van der Waals surface area (Å²) >= 11 is 0. The third kappa shape index (κ3) is 5.04. The normalized spacial score (nSPS) is 14.6. The molecule has 1 N–H and O–H groups in total. The molecule has 0 spiro atoms. The monoisotopic (exact) mass is 399 g/mol. The van der Waals surface area contributed by atoms with Crippen LogP contribution in [-0.2, 0) is 21.5 Å². The second-order valence-electron chi connectivity index (χ2n) is 7.67. The molecule has 0 aromatic heterocycles. The van der Waals surface area contributed by atoms with Crippen molar-refractivity contribution >= 4 is 17.5 Å². The lowest BCUT2D eigenvalue weighted by molar-refractivity contribution is -0.132. The van der Waals surface area contributed by atoms with Crippen LogP contribution >= 0.6 is 0 Å². The van der Waals surface area contributed by atoms with Crippen LogP contribution in [0, 0.1) is 11.6 Å². The molecule has 0 atom stereocenters. The lowest BCUT2D eigenvalue weighted by Gasteiger charge is -2.27. The second kappa shape index (κ2) is 8.51. The molecule has 29 heavy (non-hydrogen) atoms. The van der Waals surface area contributed by atoms with Crippen molar-refractivity contribution in [3.63, 3.8) is 0 Å². The maximum atomic E-state index is 14.1. The van der Waals surface area contributed by atoms with Crippen LogP contribution in [0.2, 0.25) is 0 Å². The Morgan fingerprint density at radius 3 is 2.48 bits per heavy atom. The standard InChI is InChI=1S/C22H23F2N3O2/c1-22(2,17-5-3-4-6-18(17)24)14-25-21(29)19-11-12-20(28)27(26-19)13-15-7-9-16(23)10-8-15/h3-10H,11-14H2,1-2H3,(H,25,29). The Hall–Kier alpha value is -3.09. The van der Waals surface area contributed by atoms with E-state index in [2.05, 4.69) is 10.4 Å². The fraction of sp³-hybridized carbons (Fsp3) is 0.318. The van der Waals surface area contributed by atoms with Crippen LogP contribution in [0.25, 0.3) is 0 Å². The number of benzene rings is 2. The molecule has 0 aliphatic carbocycles. The van der Waals surface area contributed by atoms with Crippen LogP contribution in [-0.4, -0.2) is 29.1 Å². The largest absolute Gasteiger partial charge is 0.350 e. The number of nitrogens with zero attached hydrogens (tertiary/aromatic N) is 2. The molecule has 1 aliphatic rings. The molecule has 1 aliphatic heterocycles. The van der Waals surface area contributed by atoms with Crippen LogP contribution in [0.1, 0.15) is 37.8 Å². The number of hydrogen-bond donors (Lipinski definition) is 1. The number of amides is 2. The molecule has 2 amide bonds. The lowest BCUT2D eigenvalue weighted by atomic mass is 9.84. The first-order valence-corrected chi connectivity index (χ1v) is 9.42. The van der Waals surface area contributed by atoms with Crippen LogP contribution in [0.3, 0.4) is 0 Å². The number of carbonyl (C=O) groups is 2. The van der Waals surface area contributed by atoms with E-state index in [9.17, 15) is 18.4 Å². The summed E-state index contributed by atoms with van der Waals surface area (Å²) in [5.74, 6) is -1.26. The fourth-order valence-corrected chi connectivity index (χ4v) is 3.16. The van der Waals surface area contributed by atoms with E-state index in [4.69, 9.17) is 0 Å². The molecule has 0 saturated heterocycles. The minimum absolute atomic E-state index is 0.163. The van der Waals surface area contributed by atoms with Crippen LogP contribution < -0.4 is 5.32 Å². The quantitative estimate of drug-likeness (QED) is 0.808. The van der Waals surface area contributed by atoms with Gasteiger partial charge in [0.2, 0.25) is 5.91 Å². The van der Waals surface area contributed by atoms with Crippen LogP contribution in [0.15, 0.2) is 53.6 Å². The number of nitrogens with one attached hydrogen (secondary N) is 1. The molecule has 152 valence electrons. The lowest BCUT2D eigenvalue weighted by Crippen LogP contribution is -2.43. The van der Waals surface area contributed by atoms with Crippen LogP contribution in [0.4, 0.5) is 8.78 Å². The first-order valence-electron chi connectivity index (χ1n) is 9.42. The molecule has 0 radical (unpaired) electrons. The Balaban J connectivity index is 1.67. The van der Waals surface area contributed by atoms with Gasteiger partial charge in [-0.3, -0.25) is 9.59 Å². The first kappa shape index (κ1) is 20.6. The van der Waals surface area contributed by atoms with E-state index in [1.165, 1.54) is 23.2 Å². The molecule has 0 bridgehead atoms. The SMILES string of the molecule is CC(C)(CNC(=O)C1=NN(Cc2ccc(F)cc2)C(=O)CC1)c1ccccc1F. The van der Waals surface area contributed by atoms with Gasteiger partial charge in [-0.25, -0.2) is 13.8 Å². The first-order chi connectivity index (χ1) is 13.8. The van der Waals surface area contributed by atoms with Crippen molar-refractivity contribution in [3.8, 4) is 0 Å². The third-order valence-corrected chi connectivity index (χ3v) is 4.91. The van der Waals surface area contributed by atoms with Gasteiger partial charge in [-0.1, -0.05) is 44.2 Å². The zero-order chi connectivity index (χ0) is 21.0. The number of hydrogen-bond acceptors (Lipinski definition) is 3. The van der Waals surface area contributed by atoms with Gasteiger partial charge in [0, 0.05) is 24.8 Å². The minimum Gasteiger partial charge on any atom is -0.350 e. The second-order valence-corrected chi connectivity index (χ2v) is 7.67. The summed E-state index contributed by atoms with van der Waals surface area (Å²) in [5.41, 5.74) is 0.862. The van der Waals surface area contributed by atoms with Gasteiger partial charge < -0.3 is 5.32 Å². The fourth-order valence-electron chi connectivity index (χ4n) is 3.16. The molecule has 2 aromatic rings. The molecule has 3 rings (SSSR count). The predicted octanol–water partition coefficient (Wildman–Crippen LogP) is 3.54. The summed E-state index contributed by atoms with van der Waals surface area (Å²) in [6.07, 6.45) is 0.412. The van der Waals surface area contributed by atoms with Gasteiger partial charge in [0.25, 0.3) is 5.91 Å². The predicted molar refractivity (Wildman–Crippen MR) is 106 cm³/mol. The Morgan fingerprint density at radius 1 is 1.10 bits per heavy atom. The third-order valence-electron chi connectivity index (χ3n) is 4.91. The highest BCUT2D eigenvalue weighted by molar-refractivity contribution is 6.39. The average Bonchev–Trinajstić information content (AvgIpc) is 2.70. The summed E-state index contributed by atoms with van der Waals surface area (Å²) in [6.45, 7) is 4.08. The van der Waals surface area contributed by atoms with E-state index in [0.29, 0.717) is 11.1 Å². The van der Waals surface area contributed by atoms with E-state index < -0.39 is 5.41 Å². The van der Waals surface area contributed by atoms with Crippen molar-refractivity contribution in [1.29, 1.82) is 0 Å². The molecular formula is C22H23F2N3O2. The zero-order valence-corrected chi connectivity index (χ0v) is 16.4. The maximum absolute atomic E-state index is 14.1. The summed E-state index contributed by atoms with van der Waals surface area (Å²) in [4.78, 5) is 24.7. The average molecular weight is 399 g/mol. The zero-order valence-electron chi connectivity index (χ0n) is 16.4. The van der Waals surface area contributed by atoms with E-state index >= 15 is 0 Å². The van der Waals surface area contributed by atoms with E-state index in [-0.39, 0.29) is 55.1 Å². The summed E-state index contributed by atoms with van der Waals surface area (Å²) in [6, 6.07) is 12.2. The highest BCUT2D eigenvalue weighted by Crippen LogP contribution is 2.25. The molecule has 2 aromatic carbocycles. The number of rotatable bonds is 6. The Kier molecular flexibility index (Phi) is 6.06. The number of halogens is 2. The highest BCUT2D eigenvalue weighted by atomic mass is 19.1. The molecule has 0 fully saturated rings. The number of carbonyl (C=O) groups excluding carboxylic acids is 2. The Bertz CT molecular complexity index is 939. The summed E-state index contributed by atoms with van der Waals surface area (Å²) in [5, 5.41) is 8.22. The number of hydrazone groups is 1. The van der Waals surface area contributed by atoms with E-state index in [1.54, 1.807) is 30.3 Å². The molecule has 5 nitrogen and oxygen atoms in total. The smallest absolute Gasteiger partial charge is 0.267 e. The van der Waals surface area contributed by atoms with Gasteiger partial charge in [0.05, 0.1) is 6.54 Å². The van der Waals surface area contributed by atoms with Crippen molar-refractivity contribution in [2.45, 2.75) is 38.6 Å². The molecule has 1 heterocycles. The molecule has 7 heteroatoms. The minimum atomic E-state index is -0.611. The van der Waals surface area contributed by atoms with Crippen LogP contribution in [0.5, 0.6) is 0 Å². The van der Waals surface area contributed by atoms with Crippen molar-refractivity contribution in [1.82, 2.24) is 10.3 Å². The van der Waals surface area contributed by atoms with Gasteiger partial charge in [-0.2, -0.15) is 5.10 Å². The topological polar surface area (TPSA) is 61.8 Å². The van der Waals surface area contributed by atoms with Gasteiger partial charge in [0.1, 0.15) is 17.3 Å². The highest BCUT2D eigenvalue weighted by Gasteiger charge is 2.28. The Labute approximate surface area is 168 Å². The van der Waals surface area contributed by atoms with Crippen molar-refractivity contribution in [2.75, 3.05) is 6.54 Å². The van der Waals surface area contributed by atoms with Gasteiger partial charge in [-0.15, -0.1) is 0 Å². The molecular weight excluding hydrogens is 376 g/mol. The summed E-state index contributed by atoms with van der Waals surface area (Å²) in [7, 11) is 0. The maximum Gasteiger partial charge on any atom is 0.267 e. The van der Waals surface area contributed by atoms with Gasteiger partial charge >= 0.3 is 0 Å². The summed E-state index contributed by atoms with van der Waals surface area (Å²) < 4.78 is 27.1. The van der Waals surface area contributed by atoms with E-state index in [0.717, 1.165) is 0 Å². The van der Waals surface area contributed by atoms with Crippen molar-refractivity contribution in [3.05, 3.63) is 71.3 Å². The van der Waals surface area contributed by atoms with Crippen molar-refractivity contribution < 1.29 is 18.4 Å². The van der Waals surface area contributed by atoms with E-state index in [1.807, 2.05) is 13.8 Å². The van der Waals surface area contributed by atoms with Gasteiger partial charge in [-0.05, 0) is 29.3 Å². The molecule has 0 saturated carbocycles.